The molecular weight excluding hydrogens is 213 g/mol. The lowest BCUT2D eigenvalue weighted by Crippen LogP contribution is -1.90. The third-order valence-electron chi connectivity index (χ3n) is 1.35. The van der Waals surface area contributed by atoms with Gasteiger partial charge < -0.3 is 0 Å². The van der Waals surface area contributed by atoms with E-state index in [9.17, 15) is 10.1 Å². The molecule has 0 bridgehead atoms. The molecule has 5 heteroatoms. The van der Waals surface area contributed by atoms with E-state index in [0.717, 1.165) is 0 Å². The Labute approximate surface area is 84.7 Å². The molecular formula is C8H5Cl2NO2. The van der Waals surface area contributed by atoms with E-state index in [2.05, 4.69) is 0 Å². The fraction of sp³-hybridized carbons (Fsp3) is 0. The van der Waals surface area contributed by atoms with Crippen LogP contribution in [0.25, 0.3) is 6.08 Å². The fourth-order valence-electron chi connectivity index (χ4n) is 0.773. The minimum absolute atomic E-state index is 0.433. The van der Waals surface area contributed by atoms with E-state index in [1.807, 2.05) is 0 Å². The molecule has 0 N–H and O–H groups in total. The average molecular weight is 218 g/mol. The first-order chi connectivity index (χ1) is 6.11. The molecule has 1 aromatic rings. The highest BCUT2D eigenvalue weighted by Gasteiger charge is 2.06. The summed E-state index contributed by atoms with van der Waals surface area (Å²) >= 11 is 11.1. The first-order valence-electron chi connectivity index (χ1n) is 3.37. The quantitative estimate of drug-likeness (QED) is 0.434. The Kier molecular flexibility index (Phi) is 3.28. The maximum atomic E-state index is 10.2. The second kappa shape index (κ2) is 4.25. The van der Waals surface area contributed by atoms with Crippen LogP contribution in [0.2, 0.25) is 5.02 Å². The van der Waals surface area contributed by atoms with Crippen molar-refractivity contribution in [3.05, 3.63) is 50.1 Å². The van der Waals surface area contributed by atoms with Crippen LogP contribution in [0.5, 0.6) is 0 Å². The highest BCUT2D eigenvalue weighted by Crippen LogP contribution is 2.19. The third kappa shape index (κ3) is 2.72. The van der Waals surface area contributed by atoms with Gasteiger partial charge in [-0.3, -0.25) is 10.1 Å². The lowest BCUT2D eigenvalue weighted by atomic mass is 10.2. The van der Waals surface area contributed by atoms with Crippen LogP contribution in [0.4, 0.5) is 0 Å². The summed E-state index contributed by atoms with van der Waals surface area (Å²) in [4.78, 5) is 9.50. The molecule has 0 spiro atoms. The summed E-state index contributed by atoms with van der Waals surface area (Å²) in [5.74, 6) is 0. The van der Waals surface area contributed by atoms with Crippen molar-refractivity contribution in [3.8, 4) is 0 Å². The molecule has 0 unspecified atom stereocenters. The van der Waals surface area contributed by atoms with E-state index in [1.165, 1.54) is 6.08 Å². The van der Waals surface area contributed by atoms with Crippen LogP contribution in [-0.4, -0.2) is 4.92 Å². The topological polar surface area (TPSA) is 43.1 Å². The molecule has 0 amide bonds. The smallest absolute Gasteiger partial charge is 0.257 e. The summed E-state index contributed by atoms with van der Waals surface area (Å²) in [7, 11) is 0. The number of hydrogen-bond acceptors (Lipinski definition) is 2. The maximum Gasteiger partial charge on any atom is 0.337 e. The van der Waals surface area contributed by atoms with E-state index in [4.69, 9.17) is 23.2 Å². The molecule has 3 nitrogen and oxygen atoms in total. The van der Waals surface area contributed by atoms with E-state index >= 15 is 0 Å². The van der Waals surface area contributed by atoms with Crippen molar-refractivity contribution in [1.82, 2.24) is 0 Å². The summed E-state index contributed by atoms with van der Waals surface area (Å²) < 4.78 is 0. The summed E-state index contributed by atoms with van der Waals surface area (Å²) in [6.45, 7) is 0. The summed E-state index contributed by atoms with van der Waals surface area (Å²) in [5.41, 5.74) is 0.533. The van der Waals surface area contributed by atoms with Crippen LogP contribution in [-0.2, 0) is 0 Å². The van der Waals surface area contributed by atoms with Crippen LogP contribution in [0.3, 0.4) is 0 Å². The van der Waals surface area contributed by atoms with Crippen LogP contribution in [0.15, 0.2) is 29.4 Å². The molecule has 1 aromatic carbocycles. The zero-order chi connectivity index (χ0) is 9.84. The van der Waals surface area contributed by atoms with Gasteiger partial charge in [0.15, 0.2) is 0 Å². The van der Waals surface area contributed by atoms with Crippen LogP contribution >= 0.6 is 23.2 Å². The van der Waals surface area contributed by atoms with Crippen molar-refractivity contribution < 1.29 is 4.92 Å². The predicted octanol–water partition coefficient (Wildman–Crippen LogP) is 3.15. The van der Waals surface area contributed by atoms with Crippen LogP contribution < -0.4 is 0 Å². The number of rotatable bonds is 2. The van der Waals surface area contributed by atoms with Gasteiger partial charge in [-0.05, 0) is 17.7 Å². The van der Waals surface area contributed by atoms with Gasteiger partial charge in [-0.15, -0.1) is 0 Å². The molecule has 0 saturated carbocycles. The summed E-state index contributed by atoms with van der Waals surface area (Å²) in [6.07, 6.45) is 1.21. The standard InChI is InChI=1S/C8H5Cl2NO2/c9-7-4-2-1-3-6(7)5-8(10)11(12)13/h1-5H. The molecule has 13 heavy (non-hydrogen) atoms. The number of benzene rings is 1. The lowest BCUT2D eigenvalue weighted by molar-refractivity contribution is -0.410. The Morgan fingerprint density at radius 2 is 2.08 bits per heavy atom. The van der Waals surface area contributed by atoms with Crippen molar-refractivity contribution in [2.24, 2.45) is 0 Å². The zero-order valence-electron chi connectivity index (χ0n) is 6.41. The van der Waals surface area contributed by atoms with Gasteiger partial charge in [-0.1, -0.05) is 29.8 Å². The molecule has 1 rings (SSSR count). The second-order valence-corrected chi connectivity index (χ2v) is 3.04. The maximum absolute atomic E-state index is 10.2. The Morgan fingerprint density at radius 1 is 1.46 bits per heavy atom. The van der Waals surface area contributed by atoms with Gasteiger partial charge in [0.05, 0.1) is 4.92 Å². The lowest BCUT2D eigenvalue weighted by Gasteiger charge is -1.94. The Balaban J connectivity index is 3.04. The van der Waals surface area contributed by atoms with E-state index in [-0.39, 0.29) is 0 Å². The van der Waals surface area contributed by atoms with Crippen molar-refractivity contribution in [1.29, 1.82) is 0 Å². The van der Waals surface area contributed by atoms with Gasteiger partial charge in [-0.2, -0.15) is 0 Å². The fourth-order valence-corrected chi connectivity index (χ4v) is 1.08. The summed E-state index contributed by atoms with van der Waals surface area (Å²) in [6, 6.07) is 6.74. The number of nitrogens with zero attached hydrogens (tertiary/aromatic N) is 1. The minimum Gasteiger partial charge on any atom is -0.257 e. The van der Waals surface area contributed by atoms with Crippen molar-refractivity contribution >= 4 is 29.3 Å². The van der Waals surface area contributed by atoms with Crippen molar-refractivity contribution in [2.45, 2.75) is 0 Å². The largest absolute Gasteiger partial charge is 0.337 e. The van der Waals surface area contributed by atoms with Crippen LogP contribution in [0.1, 0.15) is 5.56 Å². The molecule has 0 aliphatic heterocycles. The first kappa shape index (κ1) is 10.0. The van der Waals surface area contributed by atoms with E-state index < -0.39 is 10.1 Å². The van der Waals surface area contributed by atoms with Gasteiger partial charge in [0, 0.05) is 16.7 Å². The third-order valence-corrected chi connectivity index (χ3v) is 1.95. The predicted molar refractivity (Wildman–Crippen MR) is 52.3 cm³/mol. The molecule has 0 aliphatic rings. The number of nitro groups is 1. The molecule has 0 radical (unpaired) electrons. The number of halogens is 2. The normalized spacial score (nSPS) is 11.4. The summed E-state index contributed by atoms with van der Waals surface area (Å²) in [5, 5.41) is 10.2. The Morgan fingerprint density at radius 3 is 2.62 bits per heavy atom. The monoisotopic (exact) mass is 217 g/mol. The molecule has 68 valence electrons. The molecule has 0 saturated heterocycles. The molecule has 0 atom stereocenters. The van der Waals surface area contributed by atoms with E-state index in [1.54, 1.807) is 24.3 Å². The highest BCUT2D eigenvalue weighted by atomic mass is 35.5. The van der Waals surface area contributed by atoms with Crippen LogP contribution in [0, 0.1) is 10.1 Å². The molecule has 0 fully saturated rings. The minimum atomic E-state index is -0.676. The molecule has 0 heterocycles. The average Bonchev–Trinajstić information content (AvgIpc) is 2.08. The molecule has 0 aliphatic carbocycles. The van der Waals surface area contributed by atoms with Gasteiger partial charge in [0.2, 0.25) is 0 Å². The van der Waals surface area contributed by atoms with Crippen molar-refractivity contribution in [2.75, 3.05) is 0 Å². The van der Waals surface area contributed by atoms with Gasteiger partial charge >= 0.3 is 5.16 Å². The Hall–Kier alpha value is -1.06. The zero-order valence-corrected chi connectivity index (χ0v) is 7.92. The van der Waals surface area contributed by atoms with Crippen molar-refractivity contribution in [3.63, 3.8) is 0 Å². The number of hydrogen-bond donors (Lipinski definition) is 0. The van der Waals surface area contributed by atoms with Gasteiger partial charge in [0.1, 0.15) is 0 Å². The van der Waals surface area contributed by atoms with Gasteiger partial charge in [0.25, 0.3) is 0 Å². The van der Waals surface area contributed by atoms with E-state index in [0.29, 0.717) is 10.6 Å². The highest BCUT2D eigenvalue weighted by molar-refractivity contribution is 6.33. The first-order valence-corrected chi connectivity index (χ1v) is 4.13. The molecule has 0 aromatic heterocycles. The van der Waals surface area contributed by atoms with Gasteiger partial charge in [-0.25, -0.2) is 0 Å². The SMILES string of the molecule is O=[N+]([O-])C(Cl)=Cc1ccccc1Cl. The second-order valence-electron chi connectivity index (χ2n) is 2.25. The Bertz CT molecular complexity index is 363.